The maximum absolute atomic E-state index is 11.8. The predicted octanol–water partition coefficient (Wildman–Crippen LogP) is 1.58. The minimum atomic E-state index is -4.17. The summed E-state index contributed by atoms with van der Waals surface area (Å²) in [6.45, 7) is 3.15. The van der Waals surface area contributed by atoms with E-state index in [0.29, 0.717) is 6.61 Å². The largest absolute Gasteiger partial charge is 0.401 e. The monoisotopic (exact) mass is 229 g/mol. The minimum absolute atomic E-state index is 0.113. The van der Waals surface area contributed by atoms with Crippen molar-refractivity contribution in [2.75, 3.05) is 26.8 Å². The molecule has 0 amide bonds. The van der Waals surface area contributed by atoms with Gasteiger partial charge in [0, 0.05) is 13.7 Å². The van der Waals surface area contributed by atoms with Crippen LogP contribution in [0.4, 0.5) is 13.2 Å². The quantitative estimate of drug-likeness (QED) is 0.719. The summed E-state index contributed by atoms with van der Waals surface area (Å²) in [4.78, 5) is 0. The molecule has 0 fully saturated rings. The summed E-state index contributed by atoms with van der Waals surface area (Å²) < 4.78 is 45.5. The van der Waals surface area contributed by atoms with Gasteiger partial charge in [0.25, 0.3) is 0 Å². The first kappa shape index (κ1) is 14.7. The highest BCUT2D eigenvalue weighted by Crippen LogP contribution is 2.12. The van der Waals surface area contributed by atoms with Crippen molar-refractivity contribution >= 4 is 0 Å². The summed E-state index contributed by atoms with van der Waals surface area (Å²) in [7, 11) is 1.55. The van der Waals surface area contributed by atoms with Crippen molar-refractivity contribution in [1.82, 2.24) is 5.32 Å². The van der Waals surface area contributed by atoms with Gasteiger partial charge in [-0.05, 0) is 13.8 Å². The Labute approximate surface area is 87.9 Å². The Kier molecular flexibility index (Phi) is 6.87. The summed E-state index contributed by atoms with van der Waals surface area (Å²) in [5, 5.41) is 2.28. The lowest BCUT2D eigenvalue weighted by molar-refractivity contribution is -0.126. The van der Waals surface area contributed by atoms with Crippen molar-refractivity contribution in [3.05, 3.63) is 0 Å². The zero-order valence-electron chi connectivity index (χ0n) is 9.23. The van der Waals surface area contributed by atoms with Gasteiger partial charge in [0.05, 0.1) is 25.4 Å². The molecule has 15 heavy (non-hydrogen) atoms. The van der Waals surface area contributed by atoms with Gasteiger partial charge in [-0.25, -0.2) is 0 Å². The van der Waals surface area contributed by atoms with E-state index in [1.165, 1.54) is 0 Å². The first-order valence-corrected chi connectivity index (χ1v) is 4.77. The number of nitrogens with one attached hydrogen (secondary N) is 1. The Morgan fingerprint density at radius 1 is 1.20 bits per heavy atom. The Hall–Kier alpha value is -0.330. The van der Waals surface area contributed by atoms with Gasteiger partial charge in [-0.3, -0.25) is 0 Å². The Bertz CT molecular complexity index is 164. The fourth-order valence-corrected chi connectivity index (χ4v) is 1.14. The Morgan fingerprint density at radius 2 is 1.80 bits per heavy atom. The second-order valence-electron chi connectivity index (χ2n) is 3.46. The van der Waals surface area contributed by atoms with Gasteiger partial charge in [-0.2, -0.15) is 13.2 Å². The second-order valence-corrected chi connectivity index (χ2v) is 3.46. The predicted molar refractivity (Wildman–Crippen MR) is 50.8 cm³/mol. The normalized spacial score (nSPS) is 16.4. The third kappa shape index (κ3) is 9.96. The van der Waals surface area contributed by atoms with Crippen LogP contribution >= 0.6 is 0 Å². The highest BCUT2D eigenvalue weighted by Gasteiger charge is 2.26. The topological polar surface area (TPSA) is 30.5 Å². The van der Waals surface area contributed by atoms with Crippen molar-refractivity contribution < 1.29 is 22.6 Å². The number of halogens is 3. The van der Waals surface area contributed by atoms with Gasteiger partial charge in [-0.1, -0.05) is 0 Å². The lowest BCUT2D eigenvalue weighted by Gasteiger charge is -2.19. The van der Waals surface area contributed by atoms with Crippen molar-refractivity contribution in [3.8, 4) is 0 Å². The summed E-state index contributed by atoms with van der Waals surface area (Å²) in [6, 6.07) is 0. The molecule has 0 aliphatic rings. The molecule has 0 bridgehead atoms. The van der Waals surface area contributed by atoms with Crippen molar-refractivity contribution in [2.45, 2.75) is 32.2 Å². The zero-order valence-corrected chi connectivity index (χ0v) is 9.23. The molecule has 0 aliphatic carbocycles. The van der Waals surface area contributed by atoms with Gasteiger partial charge in [0.1, 0.15) is 0 Å². The molecule has 0 spiro atoms. The molecule has 0 saturated heterocycles. The molecule has 0 heterocycles. The van der Waals surface area contributed by atoms with Crippen LogP contribution in [0.2, 0.25) is 0 Å². The van der Waals surface area contributed by atoms with E-state index in [4.69, 9.17) is 9.47 Å². The lowest BCUT2D eigenvalue weighted by Crippen LogP contribution is -2.36. The first-order valence-electron chi connectivity index (χ1n) is 4.77. The molecule has 1 N–H and O–H groups in total. The summed E-state index contributed by atoms with van der Waals surface area (Å²) in [5.41, 5.74) is 0. The standard InChI is InChI=1S/C9H18F3NO2/c1-7(15-8(2)5-14-3)4-13-6-9(10,11)12/h7-8,13H,4-6H2,1-3H3. The SMILES string of the molecule is COCC(C)OC(C)CNCC(F)(F)F. The first-order chi connectivity index (χ1) is 6.85. The van der Waals surface area contributed by atoms with Crippen LogP contribution in [0.1, 0.15) is 13.8 Å². The molecule has 0 aromatic rings. The maximum Gasteiger partial charge on any atom is 0.401 e. The molecular weight excluding hydrogens is 211 g/mol. The van der Waals surface area contributed by atoms with E-state index in [2.05, 4.69) is 5.32 Å². The molecule has 0 aromatic carbocycles. The molecular formula is C9H18F3NO2. The number of hydrogen-bond acceptors (Lipinski definition) is 3. The lowest BCUT2D eigenvalue weighted by atomic mass is 10.3. The van der Waals surface area contributed by atoms with Crippen LogP contribution in [0.5, 0.6) is 0 Å². The Balaban J connectivity index is 3.53. The average molecular weight is 229 g/mol. The zero-order chi connectivity index (χ0) is 11.9. The minimum Gasteiger partial charge on any atom is -0.382 e. The van der Waals surface area contributed by atoms with E-state index in [9.17, 15) is 13.2 Å². The van der Waals surface area contributed by atoms with E-state index in [0.717, 1.165) is 0 Å². The number of ether oxygens (including phenoxy) is 2. The number of methoxy groups -OCH3 is 1. The van der Waals surface area contributed by atoms with E-state index in [1.54, 1.807) is 14.0 Å². The van der Waals surface area contributed by atoms with Crippen molar-refractivity contribution in [1.29, 1.82) is 0 Å². The van der Waals surface area contributed by atoms with Crippen molar-refractivity contribution in [2.24, 2.45) is 0 Å². The van der Waals surface area contributed by atoms with Gasteiger partial charge in [0.15, 0.2) is 0 Å². The maximum atomic E-state index is 11.8. The summed E-state index contributed by atoms with van der Waals surface area (Å²) >= 11 is 0. The highest BCUT2D eigenvalue weighted by molar-refractivity contribution is 4.61. The van der Waals surface area contributed by atoms with Gasteiger partial charge < -0.3 is 14.8 Å². The van der Waals surface area contributed by atoms with Crippen LogP contribution in [-0.2, 0) is 9.47 Å². The van der Waals surface area contributed by atoms with Gasteiger partial charge in [-0.15, -0.1) is 0 Å². The van der Waals surface area contributed by atoms with E-state index < -0.39 is 12.7 Å². The number of hydrogen-bond donors (Lipinski definition) is 1. The third-order valence-corrected chi connectivity index (χ3v) is 1.62. The summed E-state index contributed by atoms with van der Waals surface area (Å²) in [5.74, 6) is 0. The third-order valence-electron chi connectivity index (χ3n) is 1.62. The van der Waals surface area contributed by atoms with E-state index >= 15 is 0 Å². The summed E-state index contributed by atoms with van der Waals surface area (Å²) in [6.07, 6.45) is -4.55. The number of alkyl halides is 3. The van der Waals surface area contributed by atoms with Crippen LogP contribution in [0, 0.1) is 0 Å². The number of rotatable bonds is 7. The molecule has 0 aliphatic heterocycles. The smallest absolute Gasteiger partial charge is 0.382 e. The molecule has 6 heteroatoms. The highest BCUT2D eigenvalue weighted by atomic mass is 19.4. The van der Waals surface area contributed by atoms with Gasteiger partial charge >= 0.3 is 6.18 Å². The van der Waals surface area contributed by atoms with Crippen LogP contribution < -0.4 is 5.32 Å². The van der Waals surface area contributed by atoms with Crippen LogP contribution in [0.15, 0.2) is 0 Å². The molecule has 2 unspecified atom stereocenters. The Morgan fingerprint density at radius 3 is 2.27 bits per heavy atom. The van der Waals surface area contributed by atoms with Gasteiger partial charge in [0.2, 0.25) is 0 Å². The molecule has 3 nitrogen and oxygen atoms in total. The fraction of sp³-hybridized carbons (Fsp3) is 1.00. The molecule has 0 rings (SSSR count). The van der Waals surface area contributed by atoms with Crippen LogP contribution in [0.25, 0.3) is 0 Å². The van der Waals surface area contributed by atoms with E-state index in [1.807, 2.05) is 6.92 Å². The van der Waals surface area contributed by atoms with Crippen LogP contribution in [0.3, 0.4) is 0 Å². The molecule has 0 radical (unpaired) electrons. The van der Waals surface area contributed by atoms with Crippen LogP contribution in [-0.4, -0.2) is 45.2 Å². The van der Waals surface area contributed by atoms with E-state index in [-0.39, 0.29) is 18.8 Å². The molecule has 2 atom stereocenters. The second kappa shape index (κ2) is 7.03. The molecule has 0 aromatic heterocycles. The van der Waals surface area contributed by atoms with Crippen molar-refractivity contribution in [3.63, 3.8) is 0 Å². The average Bonchev–Trinajstić information content (AvgIpc) is 2.01. The fourth-order valence-electron chi connectivity index (χ4n) is 1.14. The molecule has 0 saturated carbocycles. The molecule has 92 valence electrons.